The molecule has 0 aliphatic heterocycles. The molecule has 0 aromatic carbocycles. The Kier molecular flexibility index (Phi) is 27.4. The van der Waals surface area contributed by atoms with Gasteiger partial charge in [0.2, 0.25) is 0 Å². The summed E-state index contributed by atoms with van der Waals surface area (Å²) in [6, 6.07) is 0. The smallest absolute Gasteiger partial charge is 0.303 e. The standard InChI is InChI=1S/C6H10O4.C4H10O3.C3H8/c7-5(8)3-1-2-4-6(9)10;5-1-3-7-4-2-6;1-3-2/h1-4H2,(H,7,8)(H,9,10);5-6H,1-4H2;3H2,1-2H3. The van der Waals surface area contributed by atoms with E-state index in [0.29, 0.717) is 26.1 Å². The highest BCUT2D eigenvalue weighted by Crippen LogP contribution is 1.98. The average molecular weight is 296 g/mol. The Bertz CT molecular complexity index is 187. The zero-order chi connectivity index (χ0) is 16.2. The number of hydrogen-bond donors (Lipinski definition) is 4. The highest BCUT2D eigenvalue weighted by atomic mass is 16.5. The summed E-state index contributed by atoms with van der Waals surface area (Å²) in [5.74, 6) is -1.74. The number of rotatable bonds is 9. The summed E-state index contributed by atoms with van der Waals surface area (Å²) < 4.78 is 4.63. The summed E-state index contributed by atoms with van der Waals surface area (Å²) in [5.41, 5.74) is 0. The maximum atomic E-state index is 9.90. The minimum Gasteiger partial charge on any atom is -0.481 e. The van der Waals surface area contributed by atoms with Gasteiger partial charge in [0.05, 0.1) is 26.4 Å². The average Bonchev–Trinajstić information content (AvgIpc) is 2.37. The molecule has 0 amide bonds. The molecule has 0 aliphatic carbocycles. The van der Waals surface area contributed by atoms with Gasteiger partial charge in [-0.25, -0.2) is 0 Å². The number of aliphatic hydroxyl groups excluding tert-OH is 2. The van der Waals surface area contributed by atoms with E-state index >= 15 is 0 Å². The predicted molar refractivity (Wildman–Crippen MR) is 74.7 cm³/mol. The molecule has 0 bridgehead atoms. The quantitative estimate of drug-likeness (QED) is 0.470. The molecule has 0 spiro atoms. The van der Waals surface area contributed by atoms with Crippen LogP contribution in [-0.4, -0.2) is 58.8 Å². The van der Waals surface area contributed by atoms with Crippen molar-refractivity contribution >= 4 is 11.9 Å². The third-order valence-electron chi connectivity index (χ3n) is 1.50. The zero-order valence-electron chi connectivity index (χ0n) is 12.4. The van der Waals surface area contributed by atoms with E-state index in [4.69, 9.17) is 20.4 Å². The van der Waals surface area contributed by atoms with Crippen LogP contribution in [0, 0.1) is 0 Å². The molecule has 0 aliphatic rings. The van der Waals surface area contributed by atoms with E-state index in [9.17, 15) is 9.59 Å². The highest BCUT2D eigenvalue weighted by molar-refractivity contribution is 5.67. The number of carboxylic acid groups (broad SMARTS) is 2. The molecule has 0 atom stereocenters. The van der Waals surface area contributed by atoms with Crippen LogP contribution in [0.3, 0.4) is 0 Å². The van der Waals surface area contributed by atoms with Crippen LogP contribution in [0.1, 0.15) is 46.0 Å². The summed E-state index contributed by atoms with van der Waals surface area (Å²) in [4.78, 5) is 19.8. The van der Waals surface area contributed by atoms with Gasteiger partial charge in [-0.15, -0.1) is 0 Å². The van der Waals surface area contributed by atoms with Crippen molar-refractivity contribution in [3.63, 3.8) is 0 Å². The number of carbonyl (C=O) groups is 2. The van der Waals surface area contributed by atoms with Crippen molar-refractivity contribution in [1.82, 2.24) is 0 Å². The molecular formula is C13H28O7. The van der Waals surface area contributed by atoms with Crippen LogP contribution < -0.4 is 0 Å². The molecule has 0 saturated heterocycles. The Morgan fingerprint density at radius 3 is 1.35 bits per heavy atom. The summed E-state index contributed by atoms with van der Waals surface area (Å²) in [6.07, 6.45) is 2.27. The number of hydrogen-bond acceptors (Lipinski definition) is 5. The Labute approximate surface area is 120 Å². The number of ether oxygens (including phenoxy) is 1. The highest BCUT2D eigenvalue weighted by Gasteiger charge is 1.99. The van der Waals surface area contributed by atoms with Gasteiger partial charge in [-0.05, 0) is 12.8 Å². The van der Waals surface area contributed by atoms with Crippen LogP contribution in [-0.2, 0) is 14.3 Å². The van der Waals surface area contributed by atoms with Crippen molar-refractivity contribution in [3.8, 4) is 0 Å². The van der Waals surface area contributed by atoms with Crippen LogP contribution in [0.5, 0.6) is 0 Å². The fraction of sp³-hybridized carbons (Fsp3) is 0.846. The SMILES string of the molecule is CCC.O=C(O)CCCCC(=O)O.OCCOCCO. The molecule has 7 nitrogen and oxygen atoms in total. The van der Waals surface area contributed by atoms with Crippen molar-refractivity contribution < 1.29 is 34.8 Å². The molecule has 0 heterocycles. The van der Waals surface area contributed by atoms with Gasteiger partial charge in [0.25, 0.3) is 0 Å². The Morgan fingerprint density at radius 2 is 1.15 bits per heavy atom. The maximum absolute atomic E-state index is 9.90. The van der Waals surface area contributed by atoms with Gasteiger partial charge in [0.1, 0.15) is 0 Å². The Balaban J connectivity index is -0.000000251. The third kappa shape index (κ3) is 43.7. The van der Waals surface area contributed by atoms with Gasteiger partial charge in [0.15, 0.2) is 0 Å². The number of aliphatic hydroxyl groups is 2. The number of unbranched alkanes of at least 4 members (excludes halogenated alkanes) is 1. The van der Waals surface area contributed by atoms with Crippen molar-refractivity contribution in [3.05, 3.63) is 0 Å². The summed E-state index contributed by atoms with van der Waals surface area (Å²) in [6.45, 7) is 4.95. The molecule has 7 heteroatoms. The fourth-order valence-electron chi connectivity index (χ4n) is 0.784. The first-order valence-corrected chi connectivity index (χ1v) is 6.69. The van der Waals surface area contributed by atoms with Crippen molar-refractivity contribution in [2.75, 3.05) is 26.4 Å². The van der Waals surface area contributed by atoms with Crippen LogP contribution in [0.2, 0.25) is 0 Å². The van der Waals surface area contributed by atoms with Gasteiger partial charge in [-0.3, -0.25) is 9.59 Å². The van der Waals surface area contributed by atoms with Crippen LogP contribution in [0.15, 0.2) is 0 Å². The largest absolute Gasteiger partial charge is 0.481 e. The lowest BCUT2D eigenvalue weighted by Crippen LogP contribution is -2.03. The molecule has 122 valence electrons. The summed E-state index contributed by atoms with van der Waals surface area (Å²) >= 11 is 0. The second kappa shape index (κ2) is 23.0. The van der Waals surface area contributed by atoms with Crippen molar-refractivity contribution in [2.24, 2.45) is 0 Å². The molecular weight excluding hydrogens is 268 g/mol. The van der Waals surface area contributed by atoms with Gasteiger partial charge >= 0.3 is 11.9 Å². The lowest BCUT2D eigenvalue weighted by Gasteiger charge is -1.94. The van der Waals surface area contributed by atoms with Crippen LogP contribution >= 0.6 is 0 Å². The third-order valence-corrected chi connectivity index (χ3v) is 1.50. The molecule has 0 fully saturated rings. The van der Waals surface area contributed by atoms with E-state index in [0.717, 1.165) is 0 Å². The van der Waals surface area contributed by atoms with Gasteiger partial charge in [0, 0.05) is 12.8 Å². The fourth-order valence-corrected chi connectivity index (χ4v) is 0.784. The van der Waals surface area contributed by atoms with E-state index < -0.39 is 11.9 Å². The number of aliphatic carboxylic acids is 2. The second-order valence-electron chi connectivity index (χ2n) is 3.76. The van der Waals surface area contributed by atoms with E-state index in [2.05, 4.69) is 18.6 Å². The topological polar surface area (TPSA) is 124 Å². The Hall–Kier alpha value is -1.18. The van der Waals surface area contributed by atoms with E-state index in [-0.39, 0.29) is 26.1 Å². The molecule has 20 heavy (non-hydrogen) atoms. The monoisotopic (exact) mass is 296 g/mol. The predicted octanol–water partition coefficient (Wildman–Crippen LogP) is 1.12. The first kappa shape index (κ1) is 23.9. The van der Waals surface area contributed by atoms with Gasteiger partial charge in [-0.1, -0.05) is 20.3 Å². The van der Waals surface area contributed by atoms with Crippen molar-refractivity contribution in [1.29, 1.82) is 0 Å². The molecule has 0 saturated carbocycles. The minimum absolute atomic E-state index is 0.0278. The van der Waals surface area contributed by atoms with Crippen LogP contribution in [0.25, 0.3) is 0 Å². The molecule has 0 radical (unpaired) electrons. The molecule has 4 N–H and O–H groups in total. The van der Waals surface area contributed by atoms with E-state index in [1.165, 1.54) is 6.42 Å². The lowest BCUT2D eigenvalue weighted by atomic mass is 10.2. The van der Waals surface area contributed by atoms with Gasteiger partial charge in [-0.2, -0.15) is 0 Å². The van der Waals surface area contributed by atoms with E-state index in [1.54, 1.807) is 0 Å². The van der Waals surface area contributed by atoms with Gasteiger partial charge < -0.3 is 25.2 Å². The lowest BCUT2D eigenvalue weighted by molar-refractivity contribution is -0.139. The maximum Gasteiger partial charge on any atom is 0.303 e. The molecule has 0 aromatic rings. The zero-order valence-corrected chi connectivity index (χ0v) is 12.4. The summed E-state index contributed by atoms with van der Waals surface area (Å²) in [7, 11) is 0. The Morgan fingerprint density at radius 1 is 0.850 bits per heavy atom. The first-order chi connectivity index (χ1) is 9.45. The summed E-state index contributed by atoms with van der Waals surface area (Å²) in [5, 5.41) is 32.4. The molecule has 0 rings (SSSR count). The second-order valence-corrected chi connectivity index (χ2v) is 3.76. The first-order valence-electron chi connectivity index (χ1n) is 6.69. The van der Waals surface area contributed by atoms with E-state index in [1.807, 2.05) is 0 Å². The number of carboxylic acids is 2. The molecule has 0 unspecified atom stereocenters. The van der Waals surface area contributed by atoms with Crippen LogP contribution in [0.4, 0.5) is 0 Å². The minimum atomic E-state index is -0.870. The normalized spacial score (nSPS) is 8.80. The molecule has 0 aromatic heterocycles. The van der Waals surface area contributed by atoms with Crippen molar-refractivity contribution in [2.45, 2.75) is 46.0 Å².